The average molecular weight is 385 g/mol. The summed E-state index contributed by atoms with van der Waals surface area (Å²) in [4.78, 5) is 22.8. The minimum atomic E-state index is -1.41. The molecule has 0 aliphatic carbocycles. The molecule has 0 saturated carbocycles. The Morgan fingerprint density at radius 2 is 1.08 bits per heavy atom. The lowest BCUT2D eigenvalue weighted by Gasteiger charge is -2.20. The highest BCUT2D eigenvalue weighted by Gasteiger charge is 2.30. The number of aliphatic carboxylic acids is 2. The molecule has 8 heteroatoms. The lowest BCUT2D eigenvalue weighted by atomic mass is 10.1. The van der Waals surface area contributed by atoms with E-state index in [4.69, 9.17) is 32.7 Å². The smallest absolute Gasteiger partial charge is 0.345 e. The number of ether oxygens (including phenoxy) is 2. The van der Waals surface area contributed by atoms with Crippen LogP contribution in [0.3, 0.4) is 0 Å². The van der Waals surface area contributed by atoms with Crippen LogP contribution >= 0.6 is 23.2 Å². The molecule has 0 radical (unpaired) electrons. The minimum Gasteiger partial charge on any atom is -0.479 e. The van der Waals surface area contributed by atoms with Crippen LogP contribution in [0.2, 0.25) is 10.0 Å². The summed E-state index contributed by atoms with van der Waals surface area (Å²) in [6.45, 7) is 0. The molecule has 0 heterocycles. The van der Waals surface area contributed by atoms with Gasteiger partial charge in [0.15, 0.2) is 12.2 Å². The molecule has 132 valence electrons. The standard InChI is InChI=1S/C17H14Cl2O6/c18-10-1-5-12(6-2-10)24-14(16(20)21)9-15(17(22)23)25-13-7-3-11(19)4-8-13/h1-8,14-15H,9H2,(H,20,21)(H,22,23). The van der Waals surface area contributed by atoms with Crippen molar-refractivity contribution in [3.63, 3.8) is 0 Å². The zero-order valence-corrected chi connectivity index (χ0v) is 14.3. The molecule has 2 aromatic carbocycles. The molecule has 25 heavy (non-hydrogen) atoms. The summed E-state index contributed by atoms with van der Waals surface area (Å²) in [6, 6.07) is 12.1. The van der Waals surface area contributed by atoms with Gasteiger partial charge in [-0.15, -0.1) is 0 Å². The molecule has 2 atom stereocenters. The number of carboxylic acid groups (broad SMARTS) is 2. The highest BCUT2D eigenvalue weighted by molar-refractivity contribution is 6.30. The van der Waals surface area contributed by atoms with Crippen molar-refractivity contribution >= 4 is 35.1 Å². The van der Waals surface area contributed by atoms with Crippen LogP contribution in [0.25, 0.3) is 0 Å². The predicted molar refractivity (Wildman–Crippen MR) is 91.6 cm³/mol. The fourth-order valence-electron chi connectivity index (χ4n) is 1.95. The number of halogens is 2. The maximum atomic E-state index is 11.4. The van der Waals surface area contributed by atoms with E-state index in [0.717, 1.165) is 0 Å². The van der Waals surface area contributed by atoms with Crippen molar-refractivity contribution in [3.8, 4) is 11.5 Å². The first-order valence-corrected chi connectivity index (χ1v) is 7.91. The number of rotatable bonds is 8. The van der Waals surface area contributed by atoms with Crippen LogP contribution in [0.5, 0.6) is 11.5 Å². The van der Waals surface area contributed by atoms with Gasteiger partial charge in [-0.2, -0.15) is 0 Å². The molecule has 2 rings (SSSR count). The van der Waals surface area contributed by atoms with Crippen LogP contribution in [0.1, 0.15) is 6.42 Å². The maximum Gasteiger partial charge on any atom is 0.345 e. The van der Waals surface area contributed by atoms with E-state index in [9.17, 15) is 19.8 Å². The van der Waals surface area contributed by atoms with E-state index < -0.39 is 30.6 Å². The molecule has 6 nitrogen and oxygen atoms in total. The van der Waals surface area contributed by atoms with Gasteiger partial charge in [-0.1, -0.05) is 23.2 Å². The molecule has 2 unspecified atom stereocenters. The third-order valence-corrected chi connectivity index (χ3v) is 3.67. The Bertz CT molecular complexity index is 666. The lowest BCUT2D eigenvalue weighted by molar-refractivity contribution is -0.151. The number of carbonyl (C=O) groups is 2. The summed E-state index contributed by atoms with van der Waals surface area (Å²) in [5, 5.41) is 19.5. The molecular weight excluding hydrogens is 371 g/mol. The quantitative estimate of drug-likeness (QED) is 0.719. The zero-order valence-electron chi connectivity index (χ0n) is 12.8. The van der Waals surface area contributed by atoms with Gasteiger partial charge in [0.1, 0.15) is 11.5 Å². The number of benzene rings is 2. The van der Waals surface area contributed by atoms with Crippen LogP contribution in [-0.4, -0.2) is 34.4 Å². The SMILES string of the molecule is O=C(O)C(CC(Oc1ccc(Cl)cc1)C(=O)O)Oc1ccc(Cl)cc1. The Kier molecular flexibility index (Phi) is 6.50. The summed E-state index contributed by atoms with van der Waals surface area (Å²) in [5.41, 5.74) is 0. The fraction of sp³-hybridized carbons (Fsp3) is 0.176. The second-order valence-electron chi connectivity index (χ2n) is 5.03. The Morgan fingerprint density at radius 3 is 1.36 bits per heavy atom. The molecule has 0 saturated heterocycles. The van der Waals surface area contributed by atoms with E-state index in [0.29, 0.717) is 10.0 Å². The van der Waals surface area contributed by atoms with Gasteiger partial charge in [-0.3, -0.25) is 0 Å². The lowest BCUT2D eigenvalue weighted by Crippen LogP contribution is -2.37. The van der Waals surface area contributed by atoms with Crippen molar-refractivity contribution in [2.45, 2.75) is 18.6 Å². The Hall–Kier alpha value is -2.44. The van der Waals surface area contributed by atoms with Crippen molar-refractivity contribution < 1.29 is 29.3 Å². The predicted octanol–water partition coefficient (Wildman–Crippen LogP) is 3.75. The summed E-state index contributed by atoms with van der Waals surface area (Å²) in [7, 11) is 0. The fourth-order valence-corrected chi connectivity index (χ4v) is 2.20. The van der Waals surface area contributed by atoms with Gasteiger partial charge in [0.05, 0.1) is 0 Å². The summed E-state index contributed by atoms with van der Waals surface area (Å²) in [6.07, 6.45) is -3.21. The monoisotopic (exact) mass is 384 g/mol. The molecule has 2 N–H and O–H groups in total. The molecular formula is C17H14Cl2O6. The summed E-state index contributed by atoms with van der Waals surface area (Å²) < 4.78 is 10.7. The first kappa shape index (κ1) is 18.9. The Labute approximate surface area is 153 Å². The first-order valence-electron chi connectivity index (χ1n) is 7.15. The van der Waals surface area contributed by atoms with Crippen LogP contribution in [-0.2, 0) is 9.59 Å². The van der Waals surface area contributed by atoms with Gasteiger partial charge < -0.3 is 19.7 Å². The molecule has 0 aliphatic rings. The van der Waals surface area contributed by atoms with E-state index in [1.54, 1.807) is 0 Å². The van der Waals surface area contributed by atoms with Gasteiger partial charge >= 0.3 is 11.9 Å². The molecule has 0 amide bonds. The second-order valence-corrected chi connectivity index (χ2v) is 5.91. The number of hydrogen-bond acceptors (Lipinski definition) is 4. The minimum absolute atomic E-state index is 0.257. The van der Waals surface area contributed by atoms with Crippen molar-refractivity contribution in [2.24, 2.45) is 0 Å². The van der Waals surface area contributed by atoms with Gasteiger partial charge in [0.25, 0.3) is 0 Å². The highest BCUT2D eigenvalue weighted by atomic mass is 35.5. The van der Waals surface area contributed by atoms with E-state index in [1.807, 2.05) is 0 Å². The van der Waals surface area contributed by atoms with Gasteiger partial charge in [0, 0.05) is 16.5 Å². The van der Waals surface area contributed by atoms with Gasteiger partial charge in [0.2, 0.25) is 0 Å². The van der Waals surface area contributed by atoms with Crippen molar-refractivity contribution in [1.82, 2.24) is 0 Å². The van der Waals surface area contributed by atoms with Gasteiger partial charge in [-0.05, 0) is 48.5 Å². The summed E-state index contributed by atoms with van der Waals surface area (Å²) in [5.74, 6) is -2.10. The van der Waals surface area contributed by atoms with Crippen molar-refractivity contribution in [3.05, 3.63) is 58.6 Å². The third-order valence-electron chi connectivity index (χ3n) is 3.16. The van der Waals surface area contributed by atoms with Crippen molar-refractivity contribution in [1.29, 1.82) is 0 Å². The second kappa shape index (κ2) is 8.60. The van der Waals surface area contributed by atoms with E-state index in [-0.39, 0.29) is 11.5 Å². The molecule has 0 aliphatic heterocycles. The Morgan fingerprint density at radius 1 is 0.760 bits per heavy atom. The molecule has 0 spiro atoms. The topological polar surface area (TPSA) is 93.1 Å². The average Bonchev–Trinajstić information content (AvgIpc) is 2.57. The van der Waals surface area contributed by atoms with E-state index in [2.05, 4.69) is 0 Å². The van der Waals surface area contributed by atoms with Crippen LogP contribution in [0, 0.1) is 0 Å². The summed E-state index contributed by atoms with van der Waals surface area (Å²) >= 11 is 11.5. The molecule has 2 aromatic rings. The largest absolute Gasteiger partial charge is 0.479 e. The maximum absolute atomic E-state index is 11.4. The third kappa shape index (κ3) is 5.85. The van der Waals surface area contributed by atoms with Crippen LogP contribution in [0.4, 0.5) is 0 Å². The first-order chi connectivity index (χ1) is 11.8. The Balaban J connectivity index is 2.10. The van der Waals surface area contributed by atoms with E-state index >= 15 is 0 Å². The zero-order chi connectivity index (χ0) is 18.4. The number of hydrogen-bond donors (Lipinski definition) is 2. The normalized spacial score (nSPS) is 12.9. The van der Waals surface area contributed by atoms with Crippen LogP contribution < -0.4 is 9.47 Å². The van der Waals surface area contributed by atoms with Gasteiger partial charge in [-0.25, -0.2) is 9.59 Å². The van der Waals surface area contributed by atoms with E-state index in [1.165, 1.54) is 48.5 Å². The molecule has 0 bridgehead atoms. The van der Waals surface area contributed by atoms with Crippen LogP contribution in [0.15, 0.2) is 48.5 Å². The highest BCUT2D eigenvalue weighted by Crippen LogP contribution is 2.21. The molecule has 0 fully saturated rings. The van der Waals surface area contributed by atoms with Crippen molar-refractivity contribution in [2.75, 3.05) is 0 Å². The number of carboxylic acids is 2. The molecule has 0 aromatic heterocycles.